The summed E-state index contributed by atoms with van der Waals surface area (Å²) in [5.41, 5.74) is 1.02. The first kappa shape index (κ1) is 24.4. The lowest BCUT2D eigenvalue weighted by Gasteiger charge is -2.18. The summed E-state index contributed by atoms with van der Waals surface area (Å²) in [5.74, 6) is 0.140. The minimum Gasteiger partial charge on any atom is -0.792 e. The van der Waals surface area contributed by atoms with Crippen LogP contribution in [0.25, 0.3) is 0 Å². The van der Waals surface area contributed by atoms with Gasteiger partial charge in [0.25, 0.3) is 0 Å². The number of rotatable bonds is 8. The van der Waals surface area contributed by atoms with Gasteiger partial charge in [-0.15, -0.1) is 0 Å². The summed E-state index contributed by atoms with van der Waals surface area (Å²) >= 11 is 0. The molecule has 1 aliphatic rings. The van der Waals surface area contributed by atoms with Crippen molar-refractivity contribution in [2.24, 2.45) is 5.16 Å². The van der Waals surface area contributed by atoms with Crippen LogP contribution in [-0.2, 0) is 20.6 Å². The van der Waals surface area contributed by atoms with Crippen molar-refractivity contribution in [3.8, 4) is 11.5 Å². The minimum absolute atomic E-state index is 0.0410. The fourth-order valence-electron chi connectivity index (χ4n) is 2.85. The number of carbonyl (C=O) groups excluding carboxylic acids is 1. The zero-order chi connectivity index (χ0) is 22.3. The highest BCUT2D eigenvalue weighted by atomic mass is 16.7. The summed E-state index contributed by atoms with van der Waals surface area (Å²) in [4.78, 5) is 12.9. The Hall–Kier alpha value is -2.84. The van der Waals surface area contributed by atoms with E-state index < -0.39 is 5.97 Å². The number of carbonyl (C=O) groups is 1. The summed E-state index contributed by atoms with van der Waals surface area (Å²) in [6, 6.07) is 3.26. The van der Waals surface area contributed by atoms with Gasteiger partial charge in [0.05, 0.1) is 6.61 Å². The Morgan fingerprint density at radius 1 is 1.00 bits per heavy atom. The number of benzene rings is 1. The van der Waals surface area contributed by atoms with Crippen LogP contribution in [0.5, 0.6) is 11.5 Å². The van der Waals surface area contributed by atoms with Gasteiger partial charge in [-0.1, -0.05) is 18.2 Å². The lowest BCUT2D eigenvalue weighted by atomic mass is 9.99. The van der Waals surface area contributed by atoms with Crippen molar-refractivity contribution >= 4 is 11.7 Å². The molecule has 8 nitrogen and oxygen atoms in total. The predicted molar refractivity (Wildman–Crippen MR) is 118 cm³/mol. The molecule has 170 valence electrons. The largest absolute Gasteiger partial charge is 0.792 e. The molecular formula is C23H30NO7-. The molecule has 1 heterocycles. The fraction of sp³-hybridized carbons (Fsp3) is 0.478. The number of nitrogens with zero attached hydrogens (tertiary/aromatic N) is 1. The molecule has 1 aliphatic heterocycles. The van der Waals surface area contributed by atoms with Gasteiger partial charge in [0.1, 0.15) is 17.1 Å². The summed E-state index contributed by atoms with van der Waals surface area (Å²) in [5, 5.41) is 14.5. The molecule has 0 spiro atoms. The van der Waals surface area contributed by atoms with Crippen molar-refractivity contribution in [1.82, 2.24) is 0 Å². The first-order chi connectivity index (χ1) is 15.2. The van der Waals surface area contributed by atoms with E-state index in [0.717, 1.165) is 12.8 Å². The van der Waals surface area contributed by atoms with E-state index in [1.54, 1.807) is 18.2 Å². The van der Waals surface area contributed by atoms with Crippen LogP contribution in [0.4, 0.5) is 0 Å². The minimum atomic E-state index is -0.544. The summed E-state index contributed by atoms with van der Waals surface area (Å²) < 4.78 is 27.3. The van der Waals surface area contributed by atoms with Gasteiger partial charge in [-0.25, -0.2) is 4.79 Å². The highest BCUT2D eigenvalue weighted by Crippen LogP contribution is 2.31. The molecule has 0 unspecified atom stereocenters. The van der Waals surface area contributed by atoms with Crippen LogP contribution in [0.3, 0.4) is 0 Å². The molecule has 0 fully saturated rings. The molecule has 0 saturated heterocycles. The van der Waals surface area contributed by atoms with Crippen molar-refractivity contribution in [2.45, 2.75) is 39.5 Å². The molecule has 0 aliphatic carbocycles. The maximum absolute atomic E-state index is 12.9. The lowest BCUT2D eigenvalue weighted by Crippen LogP contribution is -2.15. The van der Waals surface area contributed by atoms with Gasteiger partial charge < -0.3 is 34.0 Å². The van der Waals surface area contributed by atoms with Crippen LogP contribution in [0.15, 0.2) is 41.6 Å². The number of hydrogen-bond acceptors (Lipinski definition) is 8. The van der Waals surface area contributed by atoms with Crippen LogP contribution < -0.4 is 9.47 Å². The zero-order valence-electron chi connectivity index (χ0n) is 18.1. The van der Waals surface area contributed by atoms with Gasteiger partial charge in [0.15, 0.2) is 13.6 Å². The van der Waals surface area contributed by atoms with E-state index in [1.807, 2.05) is 32.1 Å². The second-order valence-electron chi connectivity index (χ2n) is 6.60. The standard InChI is InChI=1S/C23H31NO7/c1-3-27-16-30-20-14-18-13-19(24-26)11-9-7-5-6-8-10-12-29-23(25)22(18)21(15-20)31-17-28-4-2/h6,8-9,11,14-15,26H,3-5,7,10,12-13,16-17H2,1-2H3/p-1/b8-6+,11-9+,24-19-. The molecule has 0 aromatic heterocycles. The number of hydrogen-bond donors (Lipinski definition) is 0. The van der Waals surface area contributed by atoms with Gasteiger partial charge in [-0.3, -0.25) is 0 Å². The number of fused-ring (bicyclic) bond motifs is 1. The first-order valence-corrected chi connectivity index (χ1v) is 10.4. The monoisotopic (exact) mass is 432 g/mol. The molecule has 2 rings (SSSR count). The molecule has 0 saturated carbocycles. The molecule has 8 heteroatoms. The normalized spacial score (nSPS) is 18.5. The van der Waals surface area contributed by atoms with Crippen molar-refractivity contribution in [3.05, 3.63) is 52.8 Å². The Balaban J connectivity index is 2.46. The topological polar surface area (TPSA) is 98.6 Å². The van der Waals surface area contributed by atoms with Crippen molar-refractivity contribution in [2.75, 3.05) is 33.4 Å². The quantitative estimate of drug-likeness (QED) is 0.198. The van der Waals surface area contributed by atoms with E-state index in [2.05, 4.69) is 5.16 Å². The fourth-order valence-corrected chi connectivity index (χ4v) is 2.85. The predicted octanol–water partition coefficient (Wildman–Crippen LogP) is 4.37. The van der Waals surface area contributed by atoms with E-state index in [9.17, 15) is 10.0 Å². The Kier molecular flexibility index (Phi) is 11.2. The van der Waals surface area contributed by atoms with Crippen molar-refractivity contribution < 1.29 is 28.5 Å². The molecule has 1 aromatic rings. The Bertz CT molecular complexity index is 786. The van der Waals surface area contributed by atoms with E-state index in [-0.39, 0.29) is 43.6 Å². The summed E-state index contributed by atoms with van der Waals surface area (Å²) in [7, 11) is 0. The van der Waals surface area contributed by atoms with Crippen molar-refractivity contribution in [1.29, 1.82) is 0 Å². The average Bonchev–Trinajstić information content (AvgIpc) is 2.76. The number of cyclic esters (lactones) is 1. The molecular weight excluding hydrogens is 402 g/mol. The third-order valence-electron chi connectivity index (χ3n) is 4.36. The van der Waals surface area contributed by atoms with Gasteiger partial charge in [-0.05, 0) is 50.8 Å². The van der Waals surface area contributed by atoms with Crippen LogP contribution >= 0.6 is 0 Å². The maximum atomic E-state index is 12.9. The van der Waals surface area contributed by atoms with Gasteiger partial charge in [0.2, 0.25) is 0 Å². The molecule has 0 bridgehead atoms. The summed E-state index contributed by atoms with van der Waals surface area (Å²) in [6.45, 7) is 4.88. The second kappa shape index (κ2) is 14.2. The maximum Gasteiger partial charge on any atom is 0.342 e. The van der Waals surface area contributed by atoms with Gasteiger partial charge in [0, 0.05) is 31.4 Å². The average molecular weight is 432 g/mol. The molecule has 1 aromatic carbocycles. The highest BCUT2D eigenvalue weighted by Gasteiger charge is 2.22. The molecule has 0 amide bonds. The third kappa shape index (κ3) is 8.43. The van der Waals surface area contributed by atoms with Crippen LogP contribution in [0.2, 0.25) is 0 Å². The second-order valence-corrected chi connectivity index (χ2v) is 6.60. The van der Waals surface area contributed by atoms with Gasteiger partial charge >= 0.3 is 5.97 Å². The van der Waals surface area contributed by atoms with Crippen molar-refractivity contribution in [3.63, 3.8) is 0 Å². The number of allylic oxidation sites excluding steroid dienone is 3. The first-order valence-electron chi connectivity index (χ1n) is 10.4. The third-order valence-corrected chi connectivity index (χ3v) is 4.36. The molecule has 31 heavy (non-hydrogen) atoms. The smallest absolute Gasteiger partial charge is 0.342 e. The lowest BCUT2D eigenvalue weighted by molar-refractivity contribution is 0.0171. The Morgan fingerprint density at radius 2 is 1.71 bits per heavy atom. The molecule has 0 atom stereocenters. The SMILES string of the molecule is CCOCOc1cc2c(c(OCOCC)c1)C(=O)OCC/C=C/CC/C=C/C(=N/[O-])C2. The van der Waals surface area contributed by atoms with Crippen LogP contribution in [0, 0.1) is 5.21 Å². The van der Waals surface area contributed by atoms with Crippen LogP contribution in [0.1, 0.15) is 49.0 Å². The highest BCUT2D eigenvalue weighted by molar-refractivity contribution is 6.01. The molecule has 0 N–H and O–H groups in total. The van der Waals surface area contributed by atoms with E-state index in [4.69, 9.17) is 23.7 Å². The van der Waals surface area contributed by atoms with E-state index in [0.29, 0.717) is 30.9 Å². The molecule has 0 radical (unpaired) electrons. The van der Waals surface area contributed by atoms with Crippen LogP contribution in [-0.4, -0.2) is 45.1 Å². The Morgan fingerprint density at radius 3 is 2.45 bits per heavy atom. The number of ether oxygens (including phenoxy) is 5. The van der Waals surface area contributed by atoms with E-state index >= 15 is 0 Å². The Labute approximate surface area is 183 Å². The van der Waals surface area contributed by atoms with Gasteiger partial charge in [-0.2, -0.15) is 0 Å². The number of esters is 1. The summed E-state index contributed by atoms with van der Waals surface area (Å²) in [6.07, 6.45) is 9.90. The zero-order valence-corrected chi connectivity index (χ0v) is 18.1. The van der Waals surface area contributed by atoms with E-state index in [1.165, 1.54) is 0 Å².